The summed E-state index contributed by atoms with van der Waals surface area (Å²) in [7, 11) is 0. The highest BCUT2D eigenvalue weighted by Gasteiger charge is 2.16. The summed E-state index contributed by atoms with van der Waals surface area (Å²) in [4.78, 5) is 12.4. The van der Waals surface area contributed by atoms with E-state index in [1.807, 2.05) is 24.3 Å². The average Bonchev–Trinajstić information content (AvgIpc) is 2.56. The molecule has 0 aliphatic heterocycles. The number of benzene rings is 2. The Morgan fingerprint density at radius 1 is 1.08 bits per heavy atom. The zero-order valence-electron chi connectivity index (χ0n) is 14.1. The molecule has 1 atom stereocenters. The highest BCUT2D eigenvalue weighted by Crippen LogP contribution is 2.25. The number of hydrogen-bond donors (Lipinski definition) is 1. The first-order valence-electron chi connectivity index (χ1n) is 7.90. The molecule has 0 aromatic heterocycles. The SMILES string of the molecule is CC(C)COc1ccccc1NC(=O)C(C)Oc1ccc(Cl)cc1. The second kappa shape index (κ2) is 8.60. The maximum absolute atomic E-state index is 12.4. The maximum atomic E-state index is 12.4. The van der Waals surface area contributed by atoms with E-state index in [9.17, 15) is 4.79 Å². The number of carbonyl (C=O) groups is 1. The van der Waals surface area contributed by atoms with E-state index >= 15 is 0 Å². The quantitative estimate of drug-likeness (QED) is 0.784. The number of nitrogens with one attached hydrogen (secondary N) is 1. The Bertz CT molecular complexity index is 671. The number of para-hydroxylation sites is 2. The lowest BCUT2D eigenvalue weighted by atomic mass is 10.2. The summed E-state index contributed by atoms with van der Waals surface area (Å²) in [5.74, 6) is 1.40. The summed E-state index contributed by atoms with van der Waals surface area (Å²) in [5, 5.41) is 3.47. The Morgan fingerprint density at radius 3 is 2.42 bits per heavy atom. The Morgan fingerprint density at radius 2 is 1.75 bits per heavy atom. The van der Waals surface area contributed by atoms with Crippen LogP contribution in [0, 0.1) is 5.92 Å². The highest BCUT2D eigenvalue weighted by molar-refractivity contribution is 6.30. The third-order valence-electron chi connectivity index (χ3n) is 3.21. The molecule has 24 heavy (non-hydrogen) atoms. The van der Waals surface area contributed by atoms with E-state index in [4.69, 9.17) is 21.1 Å². The molecule has 1 N–H and O–H groups in total. The van der Waals surface area contributed by atoms with Crippen LogP contribution in [0.3, 0.4) is 0 Å². The molecule has 0 saturated heterocycles. The number of rotatable bonds is 7. The van der Waals surface area contributed by atoms with Crippen LogP contribution in [0.4, 0.5) is 5.69 Å². The Labute approximate surface area is 147 Å². The van der Waals surface area contributed by atoms with Crippen LogP contribution in [-0.4, -0.2) is 18.6 Å². The van der Waals surface area contributed by atoms with Gasteiger partial charge in [0.1, 0.15) is 11.5 Å². The molecule has 0 heterocycles. The van der Waals surface area contributed by atoms with Gasteiger partial charge in [-0.1, -0.05) is 37.6 Å². The molecule has 5 heteroatoms. The second-order valence-corrected chi connectivity index (χ2v) is 6.34. The highest BCUT2D eigenvalue weighted by atomic mass is 35.5. The summed E-state index contributed by atoms with van der Waals surface area (Å²) >= 11 is 5.84. The summed E-state index contributed by atoms with van der Waals surface area (Å²) in [6.45, 7) is 6.43. The van der Waals surface area contributed by atoms with Gasteiger partial charge in [0.05, 0.1) is 12.3 Å². The van der Waals surface area contributed by atoms with E-state index in [-0.39, 0.29) is 5.91 Å². The smallest absolute Gasteiger partial charge is 0.265 e. The van der Waals surface area contributed by atoms with E-state index in [1.54, 1.807) is 31.2 Å². The van der Waals surface area contributed by atoms with Gasteiger partial charge in [0.2, 0.25) is 0 Å². The van der Waals surface area contributed by atoms with E-state index in [1.165, 1.54) is 0 Å². The normalized spacial score (nSPS) is 11.9. The molecule has 0 saturated carbocycles. The molecule has 0 radical (unpaired) electrons. The summed E-state index contributed by atoms with van der Waals surface area (Å²) in [6.07, 6.45) is -0.649. The van der Waals surface area contributed by atoms with E-state index in [0.717, 1.165) is 0 Å². The van der Waals surface area contributed by atoms with Gasteiger partial charge < -0.3 is 14.8 Å². The largest absolute Gasteiger partial charge is 0.491 e. The molecule has 128 valence electrons. The van der Waals surface area contributed by atoms with E-state index in [0.29, 0.717) is 34.7 Å². The summed E-state index contributed by atoms with van der Waals surface area (Å²) in [6, 6.07) is 14.3. The van der Waals surface area contributed by atoms with E-state index < -0.39 is 6.10 Å². The van der Waals surface area contributed by atoms with Crippen LogP contribution in [0.15, 0.2) is 48.5 Å². The van der Waals surface area contributed by atoms with Crippen molar-refractivity contribution in [2.45, 2.75) is 26.9 Å². The lowest BCUT2D eigenvalue weighted by Crippen LogP contribution is -2.30. The third-order valence-corrected chi connectivity index (χ3v) is 3.46. The molecular formula is C19H22ClNO3. The van der Waals surface area contributed by atoms with Gasteiger partial charge in [-0.25, -0.2) is 0 Å². The third kappa shape index (κ3) is 5.46. The molecule has 2 aromatic carbocycles. The number of amides is 1. The van der Waals surface area contributed by atoms with Crippen molar-refractivity contribution >= 4 is 23.2 Å². The van der Waals surface area contributed by atoms with Crippen LogP contribution in [-0.2, 0) is 4.79 Å². The predicted octanol–water partition coefficient (Wildman–Crippen LogP) is 4.78. The van der Waals surface area contributed by atoms with Crippen molar-refractivity contribution < 1.29 is 14.3 Å². The van der Waals surface area contributed by atoms with Crippen molar-refractivity contribution in [3.05, 3.63) is 53.6 Å². The molecule has 0 fully saturated rings. The maximum Gasteiger partial charge on any atom is 0.265 e. The lowest BCUT2D eigenvalue weighted by molar-refractivity contribution is -0.122. The second-order valence-electron chi connectivity index (χ2n) is 5.90. The topological polar surface area (TPSA) is 47.6 Å². The van der Waals surface area contributed by atoms with E-state index in [2.05, 4.69) is 19.2 Å². The van der Waals surface area contributed by atoms with Crippen molar-refractivity contribution in [2.24, 2.45) is 5.92 Å². The minimum atomic E-state index is -0.649. The monoisotopic (exact) mass is 347 g/mol. The van der Waals surface area contributed by atoms with Gasteiger partial charge in [0, 0.05) is 5.02 Å². The Hall–Kier alpha value is -2.20. The van der Waals surface area contributed by atoms with Crippen LogP contribution in [0.25, 0.3) is 0 Å². The number of halogens is 1. The van der Waals surface area contributed by atoms with Crippen LogP contribution >= 0.6 is 11.6 Å². The first-order valence-corrected chi connectivity index (χ1v) is 8.28. The Kier molecular flexibility index (Phi) is 6.50. The van der Waals surface area contributed by atoms with Gasteiger partial charge in [-0.15, -0.1) is 0 Å². The van der Waals surface area contributed by atoms with Gasteiger partial charge in [-0.3, -0.25) is 4.79 Å². The fourth-order valence-corrected chi connectivity index (χ4v) is 2.08. The van der Waals surface area contributed by atoms with Crippen molar-refractivity contribution in [2.75, 3.05) is 11.9 Å². The standard InChI is InChI=1S/C19H22ClNO3/c1-13(2)12-23-18-7-5-4-6-17(18)21-19(22)14(3)24-16-10-8-15(20)9-11-16/h4-11,13-14H,12H2,1-3H3,(H,21,22). The first kappa shape index (κ1) is 18.1. The summed E-state index contributed by atoms with van der Waals surface area (Å²) in [5.41, 5.74) is 0.634. The van der Waals surface area contributed by atoms with Crippen LogP contribution < -0.4 is 14.8 Å². The van der Waals surface area contributed by atoms with Crippen molar-refractivity contribution in [1.82, 2.24) is 0 Å². The van der Waals surface area contributed by atoms with Gasteiger partial charge in [-0.05, 0) is 49.2 Å². The van der Waals surface area contributed by atoms with Crippen molar-refractivity contribution in [3.8, 4) is 11.5 Å². The Balaban J connectivity index is 1.99. The zero-order chi connectivity index (χ0) is 17.5. The number of hydrogen-bond acceptors (Lipinski definition) is 3. The molecule has 0 bridgehead atoms. The van der Waals surface area contributed by atoms with Crippen molar-refractivity contribution in [3.63, 3.8) is 0 Å². The molecule has 4 nitrogen and oxygen atoms in total. The molecular weight excluding hydrogens is 326 g/mol. The lowest BCUT2D eigenvalue weighted by Gasteiger charge is -2.17. The number of carbonyl (C=O) groups excluding carboxylic acids is 1. The molecule has 2 aromatic rings. The van der Waals surface area contributed by atoms with Gasteiger partial charge in [-0.2, -0.15) is 0 Å². The predicted molar refractivity (Wildman–Crippen MR) is 96.9 cm³/mol. The zero-order valence-corrected chi connectivity index (χ0v) is 14.8. The summed E-state index contributed by atoms with van der Waals surface area (Å²) < 4.78 is 11.4. The number of anilines is 1. The minimum absolute atomic E-state index is 0.245. The minimum Gasteiger partial charge on any atom is -0.491 e. The van der Waals surface area contributed by atoms with Gasteiger partial charge >= 0.3 is 0 Å². The van der Waals surface area contributed by atoms with Crippen LogP contribution in [0.2, 0.25) is 5.02 Å². The molecule has 1 amide bonds. The van der Waals surface area contributed by atoms with Gasteiger partial charge in [0.15, 0.2) is 6.10 Å². The fourth-order valence-electron chi connectivity index (χ4n) is 1.96. The number of ether oxygens (including phenoxy) is 2. The first-order chi connectivity index (χ1) is 11.5. The van der Waals surface area contributed by atoms with Crippen LogP contribution in [0.5, 0.6) is 11.5 Å². The average molecular weight is 348 g/mol. The fraction of sp³-hybridized carbons (Fsp3) is 0.316. The molecule has 0 spiro atoms. The molecule has 2 rings (SSSR count). The molecule has 0 aliphatic rings. The van der Waals surface area contributed by atoms with Crippen LogP contribution in [0.1, 0.15) is 20.8 Å². The van der Waals surface area contributed by atoms with Crippen molar-refractivity contribution in [1.29, 1.82) is 0 Å². The molecule has 0 aliphatic carbocycles. The molecule has 1 unspecified atom stereocenters. The van der Waals surface area contributed by atoms with Gasteiger partial charge in [0.25, 0.3) is 5.91 Å².